The van der Waals surface area contributed by atoms with Gasteiger partial charge < -0.3 is 15.2 Å². The zero-order chi connectivity index (χ0) is 21.7. The van der Waals surface area contributed by atoms with E-state index in [-0.39, 0.29) is 24.1 Å². The van der Waals surface area contributed by atoms with Crippen molar-refractivity contribution in [2.45, 2.75) is 45.1 Å². The molecule has 1 saturated carbocycles. The van der Waals surface area contributed by atoms with E-state index < -0.39 is 17.6 Å². The van der Waals surface area contributed by atoms with Crippen LogP contribution in [0.2, 0.25) is 0 Å². The molecular weight excluding hydrogens is 390 g/mol. The minimum Gasteiger partial charge on any atom is -0.481 e. The summed E-state index contributed by atoms with van der Waals surface area (Å²) in [6.07, 6.45) is 3.36. The Hall–Kier alpha value is -2.54. The van der Waals surface area contributed by atoms with Gasteiger partial charge in [-0.3, -0.25) is 9.78 Å². The maximum atomic E-state index is 14.6. The summed E-state index contributed by atoms with van der Waals surface area (Å²) in [4.78, 5) is 15.4. The number of nitrogens with one attached hydrogen (secondary N) is 1. The molecule has 1 fully saturated rings. The van der Waals surface area contributed by atoms with E-state index in [2.05, 4.69) is 10.3 Å². The molecule has 0 aliphatic heterocycles. The molecule has 1 aliphatic carbocycles. The van der Waals surface area contributed by atoms with Crippen LogP contribution in [0.25, 0.3) is 11.3 Å². The summed E-state index contributed by atoms with van der Waals surface area (Å²) in [5, 5.41) is 11.7. The van der Waals surface area contributed by atoms with Gasteiger partial charge in [0.1, 0.15) is 23.4 Å². The monoisotopic (exact) mass is 418 g/mol. The fraction of sp³-hybridized carbons (Fsp3) is 0.478. The molecule has 0 spiro atoms. The smallest absolute Gasteiger partial charge is 0.303 e. The number of carboxylic acids is 1. The summed E-state index contributed by atoms with van der Waals surface area (Å²) in [6.45, 7) is 2.20. The number of benzene rings is 1. The molecule has 162 valence electrons. The molecule has 2 unspecified atom stereocenters. The molecular formula is C23H28F2N2O3. The van der Waals surface area contributed by atoms with Crippen molar-refractivity contribution in [2.24, 2.45) is 11.8 Å². The van der Waals surface area contributed by atoms with Gasteiger partial charge in [0.2, 0.25) is 0 Å². The Morgan fingerprint density at radius 3 is 2.57 bits per heavy atom. The maximum absolute atomic E-state index is 14.6. The Kier molecular flexibility index (Phi) is 7.37. The number of methoxy groups -OCH3 is 1. The number of rotatable bonds is 11. The Morgan fingerprint density at radius 1 is 1.30 bits per heavy atom. The van der Waals surface area contributed by atoms with Crippen molar-refractivity contribution in [1.82, 2.24) is 4.98 Å². The largest absolute Gasteiger partial charge is 0.481 e. The molecule has 2 aromatic rings. The highest BCUT2D eigenvalue weighted by Gasteiger charge is 2.33. The molecule has 0 bridgehead atoms. The number of carbonyl (C=O) groups is 1. The lowest BCUT2D eigenvalue weighted by atomic mass is 9.98. The molecule has 1 aromatic carbocycles. The van der Waals surface area contributed by atoms with Gasteiger partial charge >= 0.3 is 5.97 Å². The third kappa shape index (κ3) is 5.53. The van der Waals surface area contributed by atoms with Gasteiger partial charge in [0, 0.05) is 25.6 Å². The first kappa shape index (κ1) is 22.2. The number of halogens is 2. The lowest BCUT2D eigenvalue weighted by Gasteiger charge is -2.16. The second-order valence-electron chi connectivity index (χ2n) is 7.84. The first-order chi connectivity index (χ1) is 14.4. The third-order valence-electron chi connectivity index (χ3n) is 5.60. The fourth-order valence-corrected chi connectivity index (χ4v) is 3.71. The minimum absolute atomic E-state index is 0.0347. The average molecular weight is 418 g/mol. The summed E-state index contributed by atoms with van der Waals surface area (Å²) in [7, 11) is 1.65. The van der Waals surface area contributed by atoms with Crippen LogP contribution < -0.4 is 5.32 Å². The highest BCUT2D eigenvalue weighted by atomic mass is 19.1. The normalized spacial score (nSPS) is 15.6. The Morgan fingerprint density at radius 2 is 2.00 bits per heavy atom. The molecule has 2 atom stereocenters. The minimum atomic E-state index is -0.865. The number of hydrogen-bond acceptors (Lipinski definition) is 4. The highest BCUT2D eigenvalue weighted by Crippen LogP contribution is 2.42. The molecule has 7 heteroatoms. The molecule has 0 amide bonds. The lowest BCUT2D eigenvalue weighted by Crippen LogP contribution is -2.13. The highest BCUT2D eigenvalue weighted by molar-refractivity contribution is 5.67. The summed E-state index contributed by atoms with van der Waals surface area (Å²) >= 11 is 0. The van der Waals surface area contributed by atoms with Crippen molar-refractivity contribution < 1.29 is 23.4 Å². The summed E-state index contributed by atoms with van der Waals surface area (Å²) < 4.78 is 34.8. The molecule has 5 nitrogen and oxygen atoms in total. The number of aliphatic carboxylic acids is 1. The van der Waals surface area contributed by atoms with Gasteiger partial charge in [0.15, 0.2) is 0 Å². The number of pyridine rings is 1. The number of anilines is 1. The van der Waals surface area contributed by atoms with E-state index in [0.717, 1.165) is 18.5 Å². The van der Waals surface area contributed by atoms with E-state index in [1.54, 1.807) is 13.2 Å². The van der Waals surface area contributed by atoms with Gasteiger partial charge in [-0.15, -0.1) is 0 Å². The SMILES string of the molecule is CCC(CCNc1c(F)cc(-c2cccc(C(OC)C3CC3)n2)cc1F)CC(=O)O. The number of nitrogens with zero attached hydrogens (tertiary/aromatic N) is 1. The second-order valence-corrected chi connectivity index (χ2v) is 7.84. The molecule has 2 N–H and O–H groups in total. The van der Waals surface area contributed by atoms with Crippen molar-refractivity contribution in [3.63, 3.8) is 0 Å². The first-order valence-corrected chi connectivity index (χ1v) is 10.4. The summed E-state index contributed by atoms with van der Waals surface area (Å²) in [6, 6.07) is 7.96. The van der Waals surface area contributed by atoms with Gasteiger partial charge in [0.05, 0.1) is 11.4 Å². The zero-order valence-electron chi connectivity index (χ0n) is 17.3. The van der Waals surface area contributed by atoms with E-state index in [1.165, 1.54) is 12.1 Å². The van der Waals surface area contributed by atoms with Crippen molar-refractivity contribution >= 4 is 11.7 Å². The lowest BCUT2D eigenvalue weighted by molar-refractivity contribution is -0.138. The Balaban J connectivity index is 1.72. The summed E-state index contributed by atoms with van der Waals surface area (Å²) in [5.74, 6) is -1.85. The van der Waals surface area contributed by atoms with Crippen LogP contribution >= 0.6 is 0 Å². The van der Waals surface area contributed by atoms with E-state index in [1.807, 2.05) is 19.1 Å². The number of aromatic nitrogens is 1. The second kappa shape index (κ2) is 9.98. The van der Waals surface area contributed by atoms with Gasteiger partial charge in [-0.05, 0) is 55.4 Å². The van der Waals surface area contributed by atoms with Crippen LogP contribution in [-0.2, 0) is 9.53 Å². The maximum Gasteiger partial charge on any atom is 0.303 e. The van der Waals surface area contributed by atoms with E-state index >= 15 is 0 Å². The van der Waals surface area contributed by atoms with E-state index in [4.69, 9.17) is 9.84 Å². The molecule has 30 heavy (non-hydrogen) atoms. The van der Waals surface area contributed by atoms with Crippen LogP contribution in [0.1, 0.15) is 50.8 Å². The van der Waals surface area contributed by atoms with Crippen LogP contribution in [0.5, 0.6) is 0 Å². The molecule has 1 aromatic heterocycles. The van der Waals surface area contributed by atoms with Gasteiger partial charge in [-0.25, -0.2) is 8.78 Å². The standard InChI is InChI=1S/C23H28F2N2O3/c1-3-14(11-21(28)29)9-10-26-22-17(24)12-16(13-18(22)25)19-5-4-6-20(27-19)23(30-2)15-7-8-15/h4-6,12-15,23,26H,3,7-11H2,1-2H3,(H,28,29). The van der Waals surface area contributed by atoms with Crippen molar-refractivity contribution in [3.8, 4) is 11.3 Å². The summed E-state index contributed by atoms with van der Waals surface area (Å²) in [5.41, 5.74) is 1.42. The van der Waals surface area contributed by atoms with Gasteiger partial charge in [0.25, 0.3) is 0 Å². The van der Waals surface area contributed by atoms with Crippen LogP contribution in [0.15, 0.2) is 30.3 Å². The number of hydrogen-bond donors (Lipinski definition) is 2. The van der Waals surface area contributed by atoms with Crippen LogP contribution in [0.3, 0.4) is 0 Å². The Bertz CT molecular complexity index is 863. The molecule has 0 radical (unpaired) electrons. The quantitative estimate of drug-likeness (QED) is 0.509. The van der Waals surface area contributed by atoms with Gasteiger partial charge in [-0.1, -0.05) is 19.4 Å². The van der Waals surface area contributed by atoms with Crippen molar-refractivity contribution in [1.29, 1.82) is 0 Å². The van der Waals surface area contributed by atoms with Crippen LogP contribution in [-0.4, -0.2) is 29.7 Å². The van der Waals surface area contributed by atoms with Gasteiger partial charge in [-0.2, -0.15) is 0 Å². The molecule has 1 aliphatic rings. The average Bonchev–Trinajstić information content (AvgIpc) is 3.54. The van der Waals surface area contributed by atoms with E-state index in [9.17, 15) is 13.6 Å². The number of carboxylic acid groups (broad SMARTS) is 1. The first-order valence-electron chi connectivity index (χ1n) is 10.4. The zero-order valence-corrected chi connectivity index (χ0v) is 17.3. The van der Waals surface area contributed by atoms with Crippen LogP contribution in [0.4, 0.5) is 14.5 Å². The predicted octanol–water partition coefficient (Wildman–Crippen LogP) is 5.43. The molecule has 1 heterocycles. The van der Waals surface area contributed by atoms with E-state index in [0.29, 0.717) is 36.6 Å². The van der Waals surface area contributed by atoms with Crippen molar-refractivity contribution in [2.75, 3.05) is 19.0 Å². The van der Waals surface area contributed by atoms with Crippen LogP contribution in [0, 0.1) is 23.5 Å². The number of ether oxygens (including phenoxy) is 1. The predicted molar refractivity (Wildman–Crippen MR) is 111 cm³/mol. The molecule has 0 saturated heterocycles. The molecule has 3 rings (SSSR count). The fourth-order valence-electron chi connectivity index (χ4n) is 3.71. The van der Waals surface area contributed by atoms with Crippen molar-refractivity contribution in [3.05, 3.63) is 47.7 Å². The Labute approximate surface area is 175 Å². The topological polar surface area (TPSA) is 71.5 Å². The third-order valence-corrected chi connectivity index (χ3v) is 5.60.